The fraction of sp³-hybridized carbons (Fsp3) is 0.846. The third kappa shape index (κ3) is 9.62. The maximum Gasteiger partial charge on any atom is 0.233 e. The minimum absolute atomic E-state index is 0.0739. The van der Waals surface area contributed by atoms with E-state index in [1.165, 1.54) is 11.5 Å². The fourth-order valence-electron chi connectivity index (χ4n) is 1.03. The molecule has 0 aromatic carbocycles. The largest absolute Gasteiger partial charge is 0.377 e. The second kappa shape index (κ2) is 7.26. The van der Waals surface area contributed by atoms with Crippen LogP contribution in [0.2, 0.25) is 0 Å². The van der Waals surface area contributed by atoms with Crippen LogP contribution in [0.5, 0.6) is 0 Å². The molecular weight excluding hydrogens is 250 g/mol. The molecule has 0 saturated carbocycles. The molecular formula is C13H27NO3S. The van der Waals surface area contributed by atoms with Gasteiger partial charge in [0.1, 0.15) is 0 Å². The highest BCUT2D eigenvalue weighted by Crippen LogP contribution is 2.12. The molecule has 0 heterocycles. The Labute approximate surface area is 112 Å². The summed E-state index contributed by atoms with van der Waals surface area (Å²) < 4.78 is 31.3. The highest BCUT2D eigenvalue weighted by atomic mass is 32.2. The van der Waals surface area contributed by atoms with Crippen molar-refractivity contribution in [3.05, 3.63) is 11.5 Å². The van der Waals surface area contributed by atoms with Gasteiger partial charge in [0.25, 0.3) is 0 Å². The molecule has 0 unspecified atom stereocenters. The average Bonchev–Trinajstić information content (AvgIpc) is 2.14. The van der Waals surface area contributed by atoms with E-state index in [0.29, 0.717) is 13.2 Å². The minimum Gasteiger partial charge on any atom is -0.377 e. The Morgan fingerprint density at radius 1 is 1.22 bits per heavy atom. The van der Waals surface area contributed by atoms with Crippen molar-refractivity contribution in [1.82, 2.24) is 4.72 Å². The molecule has 0 aliphatic carbocycles. The van der Waals surface area contributed by atoms with E-state index in [4.69, 9.17) is 4.74 Å². The zero-order chi connectivity index (χ0) is 14.4. The lowest BCUT2D eigenvalue weighted by atomic mass is 9.99. The molecule has 4 nitrogen and oxygen atoms in total. The average molecular weight is 277 g/mol. The van der Waals surface area contributed by atoms with Crippen LogP contribution >= 0.6 is 0 Å². The number of rotatable bonds is 7. The Hall–Kier alpha value is -0.390. The predicted octanol–water partition coefficient (Wildman–Crippen LogP) is 2.53. The molecule has 5 heteroatoms. The summed E-state index contributed by atoms with van der Waals surface area (Å²) in [5.74, 6) is 0.269. The third-order valence-electron chi connectivity index (χ3n) is 2.37. The molecule has 0 aliphatic heterocycles. The van der Waals surface area contributed by atoms with Gasteiger partial charge < -0.3 is 4.74 Å². The molecule has 1 N–H and O–H groups in total. The lowest BCUT2D eigenvalue weighted by molar-refractivity contribution is 0.0910. The van der Waals surface area contributed by atoms with Crippen LogP contribution in [0.15, 0.2) is 11.5 Å². The van der Waals surface area contributed by atoms with Gasteiger partial charge in [-0.05, 0) is 24.3 Å². The molecule has 18 heavy (non-hydrogen) atoms. The molecule has 108 valence electrons. The molecule has 0 aromatic rings. The van der Waals surface area contributed by atoms with Gasteiger partial charge in [0.15, 0.2) is 0 Å². The van der Waals surface area contributed by atoms with Gasteiger partial charge in [0.05, 0.1) is 13.2 Å². The first-order valence-electron chi connectivity index (χ1n) is 6.30. The number of nitrogens with one attached hydrogen (secondary N) is 1. The van der Waals surface area contributed by atoms with Crippen LogP contribution in [0.1, 0.15) is 41.5 Å². The number of hydrogen-bond donors (Lipinski definition) is 1. The lowest BCUT2D eigenvalue weighted by Gasteiger charge is -2.17. The summed E-state index contributed by atoms with van der Waals surface area (Å²) in [7, 11) is -3.35. The zero-order valence-electron chi connectivity index (χ0n) is 12.4. The van der Waals surface area contributed by atoms with Gasteiger partial charge in [-0.1, -0.05) is 34.6 Å². The van der Waals surface area contributed by atoms with E-state index in [9.17, 15) is 8.42 Å². The van der Waals surface area contributed by atoms with E-state index in [0.717, 1.165) is 0 Å². The molecule has 0 rings (SSSR count). The summed E-state index contributed by atoms with van der Waals surface area (Å²) in [6.45, 7) is 12.9. The van der Waals surface area contributed by atoms with Crippen molar-refractivity contribution in [2.45, 2.75) is 47.6 Å². The Balaban J connectivity index is 4.10. The van der Waals surface area contributed by atoms with Crippen LogP contribution < -0.4 is 4.72 Å². The number of sulfonamides is 1. The number of ether oxygens (including phenoxy) is 1. The summed E-state index contributed by atoms with van der Waals surface area (Å²) in [5.41, 5.74) is 0.0944. The first kappa shape index (κ1) is 17.6. The normalized spacial score (nSPS) is 15.5. The van der Waals surface area contributed by atoms with E-state index >= 15 is 0 Å². The van der Waals surface area contributed by atoms with Crippen LogP contribution in [0.4, 0.5) is 0 Å². The highest BCUT2D eigenvalue weighted by molar-refractivity contribution is 7.92. The summed E-state index contributed by atoms with van der Waals surface area (Å²) in [4.78, 5) is 0. The molecule has 0 fully saturated rings. The van der Waals surface area contributed by atoms with Crippen LogP contribution in [-0.4, -0.2) is 27.7 Å². The summed E-state index contributed by atoms with van der Waals surface area (Å²) in [6, 6.07) is -0.0739. The van der Waals surface area contributed by atoms with Gasteiger partial charge in [-0.3, -0.25) is 0 Å². The van der Waals surface area contributed by atoms with Crippen molar-refractivity contribution in [2.75, 3.05) is 13.2 Å². The van der Waals surface area contributed by atoms with Crippen LogP contribution in [-0.2, 0) is 14.8 Å². The van der Waals surface area contributed by atoms with Crippen molar-refractivity contribution in [1.29, 1.82) is 0 Å². The van der Waals surface area contributed by atoms with Gasteiger partial charge in [0, 0.05) is 11.4 Å². The van der Waals surface area contributed by atoms with Crippen molar-refractivity contribution in [3.63, 3.8) is 0 Å². The molecule has 0 amide bonds. The monoisotopic (exact) mass is 277 g/mol. The van der Waals surface area contributed by atoms with Crippen molar-refractivity contribution in [3.8, 4) is 0 Å². The molecule has 0 radical (unpaired) electrons. The first-order chi connectivity index (χ1) is 8.03. The maximum atomic E-state index is 11.7. The third-order valence-corrected chi connectivity index (χ3v) is 3.63. The maximum absolute atomic E-state index is 11.7. The predicted molar refractivity (Wildman–Crippen MR) is 75.8 cm³/mol. The Bertz CT molecular complexity index is 353. The summed E-state index contributed by atoms with van der Waals surface area (Å²) >= 11 is 0. The lowest BCUT2D eigenvalue weighted by Crippen LogP contribution is -2.34. The first-order valence-corrected chi connectivity index (χ1v) is 7.85. The molecule has 0 aromatic heterocycles. The topological polar surface area (TPSA) is 55.4 Å². The van der Waals surface area contributed by atoms with Gasteiger partial charge in [-0.2, -0.15) is 0 Å². The molecule has 0 spiro atoms. The van der Waals surface area contributed by atoms with Gasteiger partial charge in [0.2, 0.25) is 10.0 Å². The van der Waals surface area contributed by atoms with E-state index < -0.39 is 10.0 Å². The summed E-state index contributed by atoms with van der Waals surface area (Å²) in [5, 5.41) is 1.18. The van der Waals surface area contributed by atoms with Crippen molar-refractivity contribution < 1.29 is 13.2 Å². The van der Waals surface area contributed by atoms with Crippen LogP contribution in [0, 0.1) is 11.3 Å². The van der Waals surface area contributed by atoms with Gasteiger partial charge in [-0.15, -0.1) is 0 Å². The van der Waals surface area contributed by atoms with Crippen molar-refractivity contribution in [2.24, 2.45) is 11.3 Å². The second-order valence-corrected chi connectivity index (χ2v) is 7.74. The van der Waals surface area contributed by atoms with E-state index in [1.807, 2.05) is 20.8 Å². The second-order valence-electron chi connectivity index (χ2n) is 6.14. The molecule has 0 aliphatic rings. The Kier molecular flexibility index (Phi) is 7.10. The Morgan fingerprint density at radius 3 is 2.22 bits per heavy atom. The standard InChI is InChI=1S/C13H27NO3S/c1-11(2)12(3)14-18(15,16)9-7-8-17-10-13(4,5)6/h7,9,11-12,14H,8,10H2,1-6H3/b9-7+/t12-/m1/s1. The smallest absolute Gasteiger partial charge is 0.233 e. The SMILES string of the molecule is CC(C)[C@@H](C)NS(=O)(=O)/C=C/COCC(C)(C)C. The van der Waals surface area contributed by atoms with E-state index in [-0.39, 0.29) is 17.4 Å². The minimum atomic E-state index is -3.35. The van der Waals surface area contributed by atoms with Crippen LogP contribution in [0.3, 0.4) is 0 Å². The zero-order valence-corrected chi connectivity index (χ0v) is 13.2. The fourth-order valence-corrected chi connectivity index (χ4v) is 2.23. The highest BCUT2D eigenvalue weighted by Gasteiger charge is 2.13. The Morgan fingerprint density at radius 2 is 1.78 bits per heavy atom. The molecule has 1 atom stereocenters. The van der Waals surface area contributed by atoms with Gasteiger partial charge >= 0.3 is 0 Å². The molecule has 0 bridgehead atoms. The number of hydrogen-bond acceptors (Lipinski definition) is 3. The van der Waals surface area contributed by atoms with Gasteiger partial charge in [-0.25, -0.2) is 13.1 Å². The van der Waals surface area contributed by atoms with Crippen LogP contribution in [0.25, 0.3) is 0 Å². The van der Waals surface area contributed by atoms with Crippen molar-refractivity contribution >= 4 is 10.0 Å². The quantitative estimate of drug-likeness (QED) is 0.728. The summed E-state index contributed by atoms with van der Waals surface area (Å²) in [6.07, 6.45) is 1.53. The van der Waals surface area contributed by atoms with E-state index in [1.54, 1.807) is 0 Å². The molecule has 0 saturated heterocycles. The van der Waals surface area contributed by atoms with E-state index in [2.05, 4.69) is 25.5 Å².